The van der Waals surface area contributed by atoms with Crippen molar-refractivity contribution in [1.82, 2.24) is 0 Å². The molecule has 0 radical (unpaired) electrons. The quantitative estimate of drug-likeness (QED) is 0.703. The molecule has 1 unspecified atom stereocenters. The summed E-state index contributed by atoms with van der Waals surface area (Å²) in [6, 6.07) is 5.11. The maximum absolute atomic E-state index is 12.8. The third-order valence-electron chi connectivity index (χ3n) is 1.74. The maximum Gasteiger partial charge on any atom is 0.140 e. The average Bonchev–Trinajstić information content (AvgIpc) is 2.17. The van der Waals surface area contributed by atoms with Gasteiger partial charge in [-0.15, -0.1) is 0 Å². The van der Waals surface area contributed by atoms with Crippen LogP contribution in [0.3, 0.4) is 0 Å². The Bertz CT molecular complexity index is 346. The van der Waals surface area contributed by atoms with E-state index in [4.69, 9.17) is 16.1 Å². The van der Waals surface area contributed by atoms with Gasteiger partial charge in [0.15, 0.2) is 0 Å². The minimum atomic E-state index is -0.573. The summed E-state index contributed by atoms with van der Waals surface area (Å²) in [5, 5.41) is 17.2. The summed E-state index contributed by atoms with van der Waals surface area (Å²) in [6.07, 6.45) is 0. The molecule has 3 N–H and O–H groups in total. The van der Waals surface area contributed by atoms with E-state index < -0.39 is 11.9 Å². The normalized spacial score (nSPS) is 12.2. The number of halogens is 1. The van der Waals surface area contributed by atoms with Crippen LogP contribution in [-0.4, -0.2) is 11.7 Å². The molecule has 68 valence electrons. The Morgan fingerprint density at radius 2 is 2.31 bits per heavy atom. The van der Waals surface area contributed by atoms with Crippen LogP contribution in [0.5, 0.6) is 0 Å². The highest BCUT2D eigenvalue weighted by Gasteiger charge is 2.07. The first-order valence-corrected chi connectivity index (χ1v) is 3.75. The molecule has 1 atom stereocenters. The van der Waals surface area contributed by atoms with Crippen molar-refractivity contribution in [1.29, 1.82) is 5.26 Å². The highest BCUT2D eigenvalue weighted by molar-refractivity contribution is 5.35. The molecule has 0 saturated carbocycles. The number of nitrogens with two attached hydrogens (primary N) is 1. The Hall–Kier alpha value is -1.44. The number of nitrogens with zero attached hydrogens (tertiary/aromatic N) is 1. The van der Waals surface area contributed by atoms with Crippen molar-refractivity contribution in [3.8, 4) is 6.07 Å². The van der Waals surface area contributed by atoms with Crippen LogP contribution in [0.4, 0.5) is 4.39 Å². The average molecular weight is 180 g/mol. The summed E-state index contributed by atoms with van der Waals surface area (Å²) >= 11 is 0. The summed E-state index contributed by atoms with van der Waals surface area (Å²) < 4.78 is 12.8. The lowest BCUT2D eigenvalue weighted by molar-refractivity contribution is 0.268. The van der Waals surface area contributed by atoms with Crippen LogP contribution in [0.15, 0.2) is 18.2 Å². The predicted octanol–water partition coefficient (Wildman–Crippen LogP) is 0.689. The molecular formula is C9H9FN2O. The molecule has 0 fully saturated rings. The second kappa shape index (κ2) is 3.99. The molecule has 0 aliphatic rings. The second-order valence-electron chi connectivity index (χ2n) is 2.64. The molecule has 0 bridgehead atoms. The molecule has 1 aromatic rings. The van der Waals surface area contributed by atoms with Crippen molar-refractivity contribution in [2.24, 2.45) is 5.73 Å². The van der Waals surface area contributed by atoms with Gasteiger partial charge < -0.3 is 10.8 Å². The number of aliphatic hydroxyl groups is 1. The van der Waals surface area contributed by atoms with Gasteiger partial charge in [-0.3, -0.25) is 0 Å². The van der Waals surface area contributed by atoms with Crippen molar-refractivity contribution in [3.63, 3.8) is 0 Å². The molecule has 0 aliphatic heterocycles. The number of aliphatic hydroxyl groups excluding tert-OH is 1. The molecule has 3 nitrogen and oxygen atoms in total. The first kappa shape index (κ1) is 9.65. The Morgan fingerprint density at radius 1 is 1.62 bits per heavy atom. The van der Waals surface area contributed by atoms with Crippen molar-refractivity contribution >= 4 is 0 Å². The fourth-order valence-corrected chi connectivity index (χ4v) is 0.965. The maximum atomic E-state index is 12.8. The number of hydrogen-bond acceptors (Lipinski definition) is 3. The van der Waals surface area contributed by atoms with Crippen LogP contribution in [0.25, 0.3) is 0 Å². The molecule has 0 spiro atoms. The van der Waals surface area contributed by atoms with Crippen molar-refractivity contribution < 1.29 is 9.50 Å². The second-order valence-corrected chi connectivity index (χ2v) is 2.64. The van der Waals surface area contributed by atoms with E-state index in [0.29, 0.717) is 5.56 Å². The Labute approximate surface area is 75.2 Å². The zero-order valence-corrected chi connectivity index (χ0v) is 6.87. The van der Waals surface area contributed by atoms with Gasteiger partial charge >= 0.3 is 0 Å². The van der Waals surface area contributed by atoms with Gasteiger partial charge in [0.1, 0.15) is 11.9 Å². The van der Waals surface area contributed by atoms with E-state index in [9.17, 15) is 4.39 Å². The van der Waals surface area contributed by atoms with Gasteiger partial charge in [-0.05, 0) is 17.7 Å². The van der Waals surface area contributed by atoms with Crippen LogP contribution in [0.2, 0.25) is 0 Å². The van der Waals surface area contributed by atoms with E-state index in [2.05, 4.69) is 0 Å². The van der Waals surface area contributed by atoms with Crippen molar-refractivity contribution in [2.45, 2.75) is 6.04 Å². The van der Waals surface area contributed by atoms with Crippen LogP contribution in [-0.2, 0) is 0 Å². The Morgan fingerprint density at radius 3 is 2.85 bits per heavy atom. The number of hydrogen-bond donors (Lipinski definition) is 2. The minimum absolute atomic E-state index is 0.0543. The van der Waals surface area contributed by atoms with Crippen LogP contribution < -0.4 is 5.73 Å². The van der Waals surface area contributed by atoms with E-state index >= 15 is 0 Å². The number of nitriles is 1. The lowest BCUT2D eigenvalue weighted by atomic mass is 10.1. The fraction of sp³-hybridized carbons (Fsp3) is 0.222. The third kappa shape index (κ3) is 2.02. The van der Waals surface area contributed by atoms with Gasteiger partial charge in [0.05, 0.1) is 18.2 Å². The number of benzene rings is 1. The molecular weight excluding hydrogens is 171 g/mol. The summed E-state index contributed by atoms with van der Waals surface area (Å²) in [4.78, 5) is 0. The van der Waals surface area contributed by atoms with Crippen molar-refractivity contribution in [2.75, 3.05) is 6.61 Å². The predicted molar refractivity (Wildman–Crippen MR) is 45.1 cm³/mol. The molecule has 0 heterocycles. The zero-order chi connectivity index (χ0) is 9.84. The topological polar surface area (TPSA) is 70.0 Å². The third-order valence-corrected chi connectivity index (χ3v) is 1.74. The molecule has 1 rings (SSSR count). The zero-order valence-electron chi connectivity index (χ0n) is 6.87. The first-order valence-electron chi connectivity index (χ1n) is 3.75. The lowest BCUT2D eigenvalue weighted by Gasteiger charge is -2.08. The molecule has 13 heavy (non-hydrogen) atoms. The Balaban J connectivity index is 3.08. The van der Waals surface area contributed by atoms with E-state index in [1.165, 1.54) is 18.2 Å². The summed E-state index contributed by atoms with van der Waals surface area (Å²) in [7, 11) is 0. The van der Waals surface area contributed by atoms with E-state index in [1.807, 2.05) is 0 Å². The molecule has 1 aromatic carbocycles. The standard InChI is InChI=1S/C9H9FN2O/c10-8-2-1-6(9(12)5-13)3-7(8)4-11/h1-3,9,13H,5,12H2. The fourth-order valence-electron chi connectivity index (χ4n) is 0.965. The first-order chi connectivity index (χ1) is 6.19. The molecule has 0 saturated heterocycles. The molecule has 0 aromatic heterocycles. The smallest absolute Gasteiger partial charge is 0.140 e. The Kier molecular flexibility index (Phi) is 2.96. The molecule has 0 amide bonds. The van der Waals surface area contributed by atoms with Crippen LogP contribution in [0, 0.1) is 17.1 Å². The van der Waals surface area contributed by atoms with Gasteiger partial charge in [-0.2, -0.15) is 5.26 Å². The monoisotopic (exact) mass is 180 g/mol. The van der Waals surface area contributed by atoms with E-state index in [0.717, 1.165) is 0 Å². The summed E-state index contributed by atoms with van der Waals surface area (Å²) in [6.45, 7) is -0.226. The van der Waals surface area contributed by atoms with Gasteiger partial charge in [0.2, 0.25) is 0 Å². The van der Waals surface area contributed by atoms with E-state index in [1.54, 1.807) is 6.07 Å². The lowest BCUT2D eigenvalue weighted by Crippen LogP contribution is -2.14. The van der Waals surface area contributed by atoms with Crippen molar-refractivity contribution in [3.05, 3.63) is 35.1 Å². The van der Waals surface area contributed by atoms with Gasteiger partial charge in [-0.1, -0.05) is 6.07 Å². The van der Waals surface area contributed by atoms with Crippen LogP contribution >= 0.6 is 0 Å². The van der Waals surface area contributed by atoms with Gasteiger partial charge in [0, 0.05) is 0 Å². The summed E-state index contributed by atoms with van der Waals surface area (Å²) in [5.41, 5.74) is 5.99. The SMILES string of the molecule is N#Cc1cc(C(N)CO)ccc1F. The molecule has 4 heteroatoms. The highest BCUT2D eigenvalue weighted by Crippen LogP contribution is 2.14. The van der Waals surface area contributed by atoms with Gasteiger partial charge in [0.25, 0.3) is 0 Å². The highest BCUT2D eigenvalue weighted by atomic mass is 19.1. The van der Waals surface area contributed by atoms with E-state index in [-0.39, 0.29) is 12.2 Å². The van der Waals surface area contributed by atoms with Crippen LogP contribution in [0.1, 0.15) is 17.2 Å². The summed E-state index contributed by atoms with van der Waals surface area (Å²) in [5.74, 6) is -0.573. The number of rotatable bonds is 2. The molecule has 0 aliphatic carbocycles. The largest absolute Gasteiger partial charge is 0.394 e. The minimum Gasteiger partial charge on any atom is -0.394 e. The van der Waals surface area contributed by atoms with Gasteiger partial charge in [-0.25, -0.2) is 4.39 Å².